The van der Waals surface area contributed by atoms with Crippen molar-refractivity contribution in [1.29, 1.82) is 0 Å². The molecule has 6 heteroatoms. The number of amides is 1. The summed E-state index contributed by atoms with van der Waals surface area (Å²) in [6, 6.07) is 5.74. The normalized spacial score (nSPS) is 18.4. The number of hydrogen-bond donors (Lipinski definition) is 0. The van der Waals surface area contributed by atoms with Gasteiger partial charge in [-0.25, -0.2) is 4.98 Å². The number of likely N-dealkylation sites (tertiary alicyclic amines) is 1. The van der Waals surface area contributed by atoms with Crippen LogP contribution in [0.3, 0.4) is 0 Å². The van der Waals surface area contributed by atoms with E-state index in [1.807, 2.05) is 41.8 Å². The highest BCUT2D eigenvalue weighted by Crippen LogP contribution is 2.19. The largest absolute Gasteiger partial charge is 0.383 e. The Hall–Kier alpha value is -1.92. The second-order valence-corrected chi connectivity index (χ2v) is 6.69. The first-order chi connectivity index (χ1) is 11.6. The highest BCUT2D eigenvalue weighted by molar-refractivity contribution is 5.97. The molecule has 6 nitrogen and oxygen atoms in total. The van der Waals surface area contributed by atoms with Gasteiger partial charge in [-0.05, 0) is 37.1 Å². The summed E-state index contributed by atoms with van der Waals surface area (Å²) in [5.74, 6) is 0.604. The van der Waals surface area contributed by atoms with Gasteiger partial charge in [0.1, 0.15) is 0 Å². The second-order valence-electron chi connectivity index (χ2n) is 6.69. The van der Waals surface area contributed by atoms with Crippen molar-refractivity contribution in [2.45, 2.75) is 6.42 Å². The molecule has 0 unspecified atom stereocenters. The van der Waals surface area contributed by atoms with Crippen molar-refractivity contribution in [3.8, 4) is 0 Å². The highest BCUT2D eigenvalue weighted by atomic mass is 16.5. The molecule has 0 saturated carbocycles. The number of ether oxygens (including phenoxy) is 1. The van der Waals surface area contributed by atoms with E-state index in [-0.39, 0.29) is 5.91 Å². The number of aryl methyl sites for hydroxylation is 1. The van der Waals surface area contributed by atoms with Gasteiger partial charge in [-0.1, -0.05) is 0 Å². The van der Waals surface area contributed by atoms with Crippen LogP contribution in [-0.2, 0) is 11.8 Å². The van der Waals surface area contributed by atoms with Gasteiger partial charge in [0.15, 0.2) is 0 Å². The summed E-state index contributed by atoms with van der Waals surface area (Å²) in [5, 5.41) is 0. The van der Waals surface area contributed by atoms with Gasteiger partial charge in [0, 0.05) is 46.4 Å². The first-order valence-electron chi connectivity index (χ1n) is 8.46. The number of carbonyl (C=O) groups excluding carboxylic acids is 1. The number of rotatable bonds is 6. The summed E-state index contributed by atoms with van der Waals surface area (Å²) < 4.78 is 7.10. The standard InChI is InChI=1S/C18H26N4O2/c1-20(11-14-6-7-22(12-14)8-9-24-3)18(23)15-4-5-17-16(10-15)19-13-21(17)2/h4-5,10,13-14H,6-9,11-12H2,1-3H3/t14-/m0/s1. The summed E-state index contributed by atoms with van der Waals surface area (Å²) >= 11 is 0. The fourth-order valence-corrected chi connectivity index (χ4v) is 3.45. The third-order valence-corrected chi connectivity index (χ3v) is 4.83. The van der Waals surface area contributed by atoms with E-state index in [1.165, 1.54) is 0 Å². The number of aromatic nitrogens is 2. The SMILES string of the molecule is COCCN1CC[C@@H](CN(C)C(=O)c2ccc3c(c2)ncn3C)C1. The predicted molar refractivity (Wildman–Crippen MR) is 94.1 cm³/mol. The van der Waals surface area contributed by atoms with Crippen molar-refractivity contribution in [2.75, 3.05) is 46.9 Å². The molecule has 1 atom stereocenters. The van der Waals surface area contributed by atoms with E-state index in [1.54, 1.807) is 13.4 Å². The Morgan fingerprint density at radius 1 is 1.46 bits per heavy atom. The van der Waals surface area contributed by atoms with Crippen molar-refractivity contribution < 1.29 is 9.53 Å². The maximum Gasteiger partial charge on any atom is 0.253 e. The average Bonchev–Trinajstić information content (AvgIpc) is 3.18. The van der Waals surface area contributed by atoms with E-state index in [0.29, 0.717) is 11.5 Å². The van der Waals surface area contributed by atoms with Gasteiger partial charge in [0.05, 0.1) is 24.0 Å². The van der Waals surface area contributed by atoms with Crippen LogP contribution in [0.4, 0.5) is 0 Å². The van der Waals surface area contributed by atoms with Crippen LogP contribution in [0.25, 0.3) is 11.0 Å². The Balaban J connectivity index is 1.60. The molecule has 1 aliphatic rings. The lowest BCUT2D eigenvalue weighted by molar-refractivity contribution is 0.0772. The van der Waals surface area contributed by atoms with E-state index in [9.17, 15) is 4.79 Å². The Bertz CT molecular complexity index is 712. The zero-order chi connectivity index (χ0) is 17.1. The molecule has 130 valence electrons. The van der Waals surface area contributed by atoms with Gasteiger partial charge >= 0.3 is 0 Å². The van der Waals surface area contributed by atoms with Crippen molar-refractivity contribution in [3.05, 3.63) is 30.1 Å². The van der Waals surface area contributed by atoms with E-state index < -0.39 is 0 Å². The number of methoxy groups -OCH3 is 1. The van der Waals surface area contributed by atoms with E-state index in [4.69, 9.17) is 4.74 Å². The molecule has 0 radical (unpaired) electrons. The molecule has 0 bridgehead atoms. The summed E-state index contributed by atoms with van der Waals surface area (Å²) in [7, 11) is 5.58. The van der Waals surface area contributed by atoms with Gasteiger partial charge < -0.3 is 19.1 Å². The summed E-state index contributed by atoms with van der Waals surface area (Å²) in [6.45, 7) is 4.67. The van der Waals surface area contributed by atoms with Crippen LogP contribution in [0.1, 0.15) is 16.8 Å². The molecule has 0 spiro atoms. The number of nitrogens with zero attached hydrogens (tertiary/aromatic N) is 4. The van der Waals surface area contributed by atoms with Crippen LogP contribution in [0.15, 0.2) is 24.5 Å². The Morgan fingerprint density at radius 3 is 3.08 bits per heavy atom. The zero-order valence-corrected chi connectivity index (χ0v) is 14.7. The molecule has 1 aromatic heterocycles. The fraction of sp³-hybridized carbons (Fsp3) is 0.556. The zero-order valence-electron chi connectivity index (χ0n) is 14.7. The first kappa shape index (κ1) is 16.9. The van der Waals surface area contributed by atoms with Crippen molar-refractivity contribution in [3.63, 3.8) is 0 Å². The molecule has 2 heterocycles. The van der Waals surface area contributed by atoms with Crippen molar-refractivity contribution >= 4 is 16.9 Å². The monoisotopic (exact) mass is 330 g/mol. The molecule has 0 N–H and O–H groups in total. The molecule has 0 aliphatic carbocycles. The van der Waals surface area contributed by atoms with E-state index in [2.05, 4.69) is 9.88 Å². The minimum Gasteiger partial charge on any atom is -0.383 e. The summed E-state index contributed by atoms with van der Waals surface area (Å²) in [4.78, 5) is 21.3. The molecule has 1 amide bonds. The third-order valence-electron chi connectivity index (χ3n) is 4.83. The number of hydrogen-bond acceptors (Lipinski definition) is 4. The molecule has 1 aromatic carbocycles. The number of benzene rings is 1. The lowest BCUT2D eigenvalue weighted by atomic mass is 10.1. The van der Waals surface area contributed by atoms with Gasteiger partial charge in [-0.15, -0.1) is 0 Å². The van der Waals surface area contributed by atoms with Crippen LogP contribution in [0.2, 0.25) is 0 Å². The lowest BCUT2D eigenvalue weighted by Gasteiger charge is -2.22. The number of imidazole rings is 1. The molecule has 3 rings (SSSR count). The smallest absolute Gasteiger partial charge is 0.253 e. The van der Waals surface area contributed by atoms with Gasteiger partial charge in [-0.3, -0.25) is 4.79 Å². The molecule has 1 aliphatic heterocycles. The van der Waals surface area contributed by atoms with Crippen LogP contribution in [0.5, 0.6) is 0 Å². The Morgan fingerprint density at radius 2 is 2.29 bits per heavy atom. The molecular formula is C18H26N4O2. The minimum atomic E-state index is 0.0675. The predicted octanol–water partition coefficient (Wildman–Crippen LogP) is 1.61. The van der Waals surface area contributed by atoms with Crippen LogP contribution < -0.4 is 0 Å². The molecule has 2 aromatic rings. The number of fused-ring (bicyclic) bond motifs is 1. The van der Waals surface area contributed by atoms with Crippen molar-refractivity contribution in [2.24, 2.45) is 13.0 Å². The minimum absolute atomic E-state index is 0.0675. The maximum absolute atomic E-state index is 12.7. The maximum atomic E-state index is 12.7. The van der Waals surface area contributed by atoms with Gasteiger partial charge in [0.25, 0.3) is 5.91 Å². The highest BCUT2D eigenvalue weighted by Gasteiger charge is 2.25. The topological polar surface area (TPSA) is 50.6 Å². The summed E-state index contributed by atoms with van der Waals surface area (Å²) in [6.07, 6.45) is 2.91. The Kier molecular flexibility index (Phi) is 5.16. The third kappa shape index (κ3) is 3.60. The van der Waals surface area contributed by atoms with Crippen LogP contribution in [-0.4, -0.2) is 72.2 Å². The quantitative estimate of drug-likeness (QED) is 0.807. The molecule has 24 heavy (non-hydrogen) atoms. The van der Waals surface area contributed by atoms with Crippen molar-refractivity contribution in [1.82, 2.24) is 19.4 Å². The number of carbonyl (C=O) groups is 1. The van der Waals surface area contributed by atoms with E-state index >= 15 is 0 Å². The van der Waals surface area contributed by atoms with E-state index in [0.717, 1.165) is 50.2 Å². The average molecular weight is 330 g/mol. The molecule has 1 fully saturated rings. The van der Waals surface area contributed by atoms with Crippen LogP contribution >= 0.6 is 0 Å². The molecule has 1 saturated heterocycles. The Labute approximate surface area is 143 Å². The first-order valence-corrected chi connectivity index (χ1v) is 8.46. The van der Waals surface area contributed by atoms with Crippen LogP contribution in [0, 0.1) is 5.92 Å². The molecular weight excluding hydrogens is 304 g/mol. The summed E-state index contributed by atoms with van der Waals surface area (Å²) in [5.41, 5.74) is 2.61. The van der Waals surface area contributed by atoms with Gasteiger partial charge in [0.2, 0.25) is 0 Å². The second kappa shape index (κ2) is 7.32. The van der Waals surface area contributed by atoms with Gasteiger partial charge in [-0.2, -0.15) is 0 Å². The lowest BCUT2D eigenvalue weighted by Crippen LogP contribution is -2.33. The fourth-order valence-electron chi connectivity index (χ4n) is 3.45.